The first-order valence-corrected chi connectivity index (χ1v) is 20.2. The van der Waals surface area contributed by atoms with Gasteiger partial charge in [0, 0.05) is 0 Å². The second kappa shape index (κ2) is 11.2. The van der Waals surface area contributed by atoms with E-state index < -0.39 is 40.4 Å². The van der Waals surface area contributed by atoms with Crippen LogP contribution in [0.4, 0.5) is 0 Å². The summed E-state index contributed by atoms with van der Waals surface area (Å²) >= 11 is -3.10. The van der Waals surface area contributed by atoms with E-state index >= 15 is 0 Å². The fraction of sp³-hybridized carbons (Fsp3) is 0.857. The molecule has 0 saturated carbocycles. The molecule has 0 saturated heterocycles. The number of carbonyl (C=O) groups is 2. The van der Waals surface area contributed by atoms with E-state index in [2.05, 4.69) is 19.5 Å². The maximum atomic E-state index is 12.0. The van der Waals surface area contributed by atoms with Gasteiger partial charge in [0.1, 0.15) is 0 Å². The van der Waals surface area contributed by atoms with E-state index in [9.17, 15) is 9.59 Å². The molecule has 0 fully saturated rings. The van der Waals surface area contributed by atoms with Crippen LogP contribution in [0.25, 0.3) is 0 Å². The number of ether oxygens (including phenoxy) is 2. The Morgan fingerprint density at radius 1 is 0.800 bits per heavy atom. The van der Waals surface area contributed by atoms with Gasteiger partial charge in [-0.2, -0.15) is 0 Å². The Morgan fingerprint density at radius 2 is 1.10 bits per heavy atom. The Morgan fingerprint density at radius 3 is 1.30 bits per heavy atom. The van der Waals surface area contributed by atoms with E-state index in [0.717, 1.165) is 12.8 Å². The minimum atomic E-state index is -1.55. The van der Waals surface area contributed by atoms with Gasteiger partial charge >= 0.3 is 139 Å². The Balaban J connectivity index is 4.63. The van der Waals surface area contributed by atoms with Crippen LogP contribution in [0.1, 0.15) is 26.7 Å². The van der Waals surface area contributed by atoms with E-state index in [-0.39, 0.29) is 19.7 Å². The Labute approximate surface area is 137 Å². The first kappa shape index (κ1) is 20.6. The van der Waals surface area contributed by atoms with Crippen LogP contribution < -0.4 is 0 Å². The van der Waals surface area contributed by atoms with Crippen molar-refractivity contribution in [3.8, 4) is 0 Å². The molecule has 0 spiro atoms. The van der Waals surface area contributed by atoms with Gasteiger partial charge in [-0.05, 0) is 0 Å². The molecular formula is C14H28O4Sb2. The van der Waals surface area contributed by atoms with Crippen molar-refractivity contribution in [2.75, 3.05) is 13.2 Å². The van der Waals surface area contributed by atoms with Crippen molar-refractivity contribution in [3.05, 3.63) is 0 Å². The van der Waals surface area contributed by atoms with Gasteiger partial charge in [-0.25, -0.2) is 0 Å². The number of hydrogen-bond acceptors (Lipinski definition) is 4. The topological polar surface area (TPSA) is 52.6 Å². The molecule has 0 heterocycles. The SMILES string of the molecule is CCOC(=O)[CH](CC[CH](C(=O)OCC)[Sb]([CH3])[CH3])[Sb]([CH3])[CH3]. The van der Waals surface area contributed by atoms with E-state index in [1.807, 2.05) is 13.8 Å². The number of rotatable bonds is 9. The van der Waals surface area contributed by atoms with Crippen molar-refractivity contribution in [2.24, 2.45) is 0 Å². The van der Waals surface area contributed by atoms with Crippen LogP contribution in [0.5, 0.6) is 0 Å². The normalized spacial score (nSPS) is 14.2. The van der Waals surface area contributed by atoms with E-state index in [4.69, 9.17) is 9.47 Å². The molecule has 0 aromatic heterocycles. The third kappa shape index (κ3) is 7.55. The number of carbonyl (C=O) groups excluding carboxylic acids is 2. The van der Waals surface area contributed by atoms with Gasteiger partial charge in [-0.3, -0.25) is 0 Å². The molecule has 0 rings (SSSR count). The summed E-state index contributed by atoms with van der Waals surface area (Å²) in [7, 11) is 0. The van der Waals surface area contributed by atoms with Crippen molar-refractivity contribution in [1.29, 1.82) is 0 Å². The molecular weight excluding hydrogens is 476 g/mol. The molecule has 0 aromatic carbocycles. The summed E-state index contributed by atoms with van der Waals surface area (Å²) in [5.74, 6) is -0.113. The molecule has 0 aliphatic carbocycles. The Bertz CT molecular complexity index is 276. The van der Waals surface area contributed by atoms with Gasteiger partial charge in [0.25, 0.3) is 0 Å². The zero-order valence-electron chi connectivity index (χ0n) is 13.5. The molecule has 0 radical (unpaired) electrons. The van der Waals surface area contributed by atoms with Crippen molar-refractivity contribution < 1.29 is 19.1 Å². The second-order valence-electron chi connectivity index (χ2n) is 5.04. The standard InChI is InChI=1S/C10H16O4.4CH3.2Sb/c1-3-13-9(11)7-5-6-8-10(12)14-4-2;;;;;;/h7-8H,3-6H2,1-2H3;4*1H3;;. The van der Waals surface area contributed by atoms with Crippen molar-refractivity contribution in [2.45, 2.75) is 53.9 Å². The predicted molar refractivity (Wildman–Crippen MR) is 85.0 cm³/mol. The zero-order chi connectivity index (χ0) is 15.7. The van der Waals surface area contributed by atoms with Crippen LogP contribution in [-0.2, 0) is 19.1 Å². The molecule has 4 nitrogen and oxygen atoms in total. The van der Waals surface area contributed by atoms with Gasteiger partial charge in [0.15, 0.2) is 0 Å². The van der Waals surface area contributed by atoms with Crippen LogP contribution >= 0.6 is 0 Å². The summed E-state index contributed by atoms with van der Waals surface area (Å²) in [6.07, 6.45) is 1.58. The van der Waals surface area contributed by atoms with Crippen LogP contribution in [0.2, 0.25) is 27.2 Å². The summed E-state index contributed by atoms with van der Waals surface area (Å²) in [6, 6.07) is 0. The fourth-order valence-electron chi connectivity index (χ4n) is 1.97. The van der Waals surface area contributed by atoms with Crippen molar-refractivity contribution >= 4 is 52.4 Å². The monoisotopic (exact) mass is 502 g/mol. The van der Waals surface area contributed by atoms with Crippen LogP contribution in [0.15, 0.2) is 0 Å². The molecule has 6 heteroatoms. The Hall–Kier alpha value is 0.576. The number of esters is 2. The van der Waals surface area contributed by atoms with Gasteiger partial charge in [-0.1, -0.05) is 0 Å². The average Bonchev–Trinajstić information content (AvgIpc) is 2.33. The zero-order valence-corrected chi connectivity index (χ0v) is 18.6. The summed E-state index contributed by atoms with van der Waals surface area (Å²) in [5.41, 5.74) is 0. The van der Waals surface area contributed by atoms with Gasteiger partial charge in [0.05, 0.1) is 0 Å². The van der Waals surface area contributed by atoms with Crippen LogP contribution in [0, 0.1) is 0 Å². The van der Waals surface area contributed by atoms with E-state index in [1.54, 1.807) is 0 Å². The molecule has 0 amide bonds. The third-order valence-electron chi connectivity index (χ3n) is 3.08. The summed E-state index contributed by atoms with van der Waals surface area (Å²) in [5, 5.41) is 0. The molecule has 0 aliphatic heterocycles. The van der Waals surface area contributed by atoms with Gasteiger partial charge < -0.3 is 0 Å². The molecule has 0 aliphatic rings. The van der Waals surface area contributed by atoms with Gasteiger partial charge in [-0.15, -0.1) is 0 Å². The van der Waals surface area contributed by atoms with Crippen LogP contribution in [0.3, 0.4) is 0 Å². The molecule has 2 unspecified atom stereocenters. The second-order valence-corrected chi connectivity index (χ2v) is 19.6. The Kier molecular flexibility index (Phi) is 11.5. The molecule has 0 bridgehead atoms. The third-order valence-corrected chi connectivity index (χ3v) is 12.9. The molecule has 2 atom stereocenters. The van der Waals surface area contributed by atoms with E-state index in [0.29, 0.717) is 13.2 Å². The van der Waals surface area contributed by atoms with Crippen molar-refractivity contribution in [1.82, 2.24) is 0 Å². The quantitative estimate of drug-likeness (QED) is 0.358. The van der Waals surface area contributed by atoms with Crippen molar-refractivity contribution in [3.63, 3.8) is 0 Å². The fourth-order valence-corrected chi connectivity index (χ4v) is 8.60. The minimum absolute atomic E-state index is 0.0566. The summed E-state index contributed by atoms with van der Waals surface area (Å²) in [4.78, 5) is 32.8. The van der Waals surface area contributed by atoms with E-state index in [1.165, 1.54) is 0 Å². The van der Waals surface area contributed by atoms with Crippen LogP contribution in [-0.4, -0.2) is 65.6 Å². The summed E-state index contributed by atoms with van der Waals surface area (Å²) in [6.45, 7) is 4.55. The molecule has 0 N–H and O–H groups in total. The average molecular weight is 504 g/mol. The maximum absolute atomic E-state index is 12.0. The first-order chi connectivity index (χ1) is 9.34. The predicted octanol–water partition coefficient (Wildman–Crippen LogP) is 3.14. The first-order valence-electron chi connectivity index (χ1n) is 7.01. The molecule has 0 aromatic rings. The summed E-state index contributed by atoms with van der Waals surface area (Å²) < 4.78 is 10.5. The van der Waals surface area contributed by atoms with Gasteiger partial charge in [0.2, 0.25) is 0 Å². The molecule has 20 heavy (non-hydrogen) atoms. The number of hydrogen-bond donors (Lipinski definition) is 0. The molecule has 118 valence electrons.